The maximum Gasteiger partial charge on any atom is 0.264 e. The van der Waals surface area contributed by atoms with Gasteiger partial charge in [-0.25, -0.2) is 8.42 Å². The van der Waals surface area contributed by atoms with E-state index >= 15 is 0 Å². The Kier molecular flexibility index (Phi) is 11.5. The fourth-order valence-corrected chi connectivity index (χ4v) is 6.33. The van der Waals surface area contributed by atoms with Crippen molar-refractivity contribution >= 4 is 62.3 Å². The van der Waals surface area contributed by atoms with Gasteiger partial charge >= 0.3 is 0 Å². The molecule has 0 fully saturated rings. The molecule has 0 bridgehead atoms. The van der Waals surface area contributed by atoms with Gasteiger partial charge in [-0.3, -0.25) is 13.9 Å². The lowest BCUT2D eigenvalue weighted by molar-refractivity contribution is -0.140. The third kappa shape index (κ3) is 8.38. The Bertz CT molecular complexity index is 1460. The number of hydrogen-bond acceptors (Lipinski definition) is 4. The van der Waals surface area contributed by atoms with Crippen molar-refractivity contribution in [2.24, 2.45) is 0 Å². The number of carbonyl (C=O) groups is 2. The normalized spacial score (nSPS) is 12.9. The lowest BCUT2D eigenvalue weighted by Gasteiger charge is -2.34. The number of rotatable bonds is 12. The minimum absolute atomic E-state index is 0.000337. The zero-order valence-electron chi connectivity index (χ0n) is 23.4. The van der Waals surface area contributed by atoms with E-state index in [0.29, 0.717) is 23.4 Å². The number of halogens is 3. The van der Waals surface area contributed by atoms with Crippen LogP contribution in [0.3, 0.4) is 0 Å². The molecule has 2 atom stereocenters. The van der Waals surface area contributed by atoms with Crippen LogP contribution in [0.15, 0.2) is 71.6 Å². The second-order valence-corrected chi connectivity index (χ2v) is 12.9. The van der Waals surface area contributed by atoms with Crippen molar-refractivity contribution in [1.82, 2.24) is 10.2 Å². The Morgan fingerprint density at radius 3 is 2.07 bits per heavy atom. The van der Waals surface area contributed by atoms with Crippen molar-refractivity contribution in [3.05, 3.63) is 92.9 Å². The van der Waals surface area contributed by atoms with E-state index in [1.54, 1.807) is 43.3 Å². The zero-order valence-corrected chi connectivity index (χ0v) is 26.5. The van der Waals surface area contributed by atoms with E-state index in [-0.39, 0.29) is 39.1 Å². The average molecular weight is 639 g/mol. The molecule has 41 heavy (non-hydrogen) atoms. The minimum Gasteiger partial charge on any atom is -0.352 e. The lowest BCUT2D eigenvalue weighted by Crippen LogP contribution is -2.53. The number of aryl methyl sites for hydroxylation is 1. The fourth-order valence-electron chi connectivity index (χ4n) is 4.22. The number of nitrogens with zero attached hydrogens (tertiary/aromatic N) is 2. The predicted molar refractivity (Wildman–Crippen MR) is 166 cm³/mol. The van der Waals surface area contributed by atoms with Crippen LogP contribution in [-0.4, -0.2) is 43.8 Å². The van der Waals surface area contributed by atoms with Gasteiger partial charge in [0, 0.05) is 27.7 Å². The summed E-state index contributed by atoms with van der Waals surface area (Å²) in [6, 6.07) is 16.7. The van der Waals surface area contributed by atoms with E-state index in [9.17, 15) is 18.0 Å². The number of anilines is 1. The van der Waals surface area contributed by atoms with Crippen LogP contribution >= 0.6 is 34.8 Å². The van der Waals surface area contributed by atoms with Gasteiger partial charge in [-0.1, -0.05) is 84.5 Å². The summed E-state index contributed by atoms with van der Waals surface area (Å²) in [5, 5.41) is 3.78. The summed E-state index contributed by atoms with van der Waals surface area (Å²) >= 11 is 18.9. The molecule has 3 rings (SSSR count). The molecule has 0 aliphatic rings. The molecule has 3 aromatic rings. The van der Waals surface area contributed by atoms with Crippen LogP contribution in [0.1, 0.15) is 44.7 Å². The smallest absolute Gasteiger partial charge is 0.264 e. The highest BCUT2D eigenvalue weighted by atomic mass is 35.5. The first-order valence-electron chi connectivity index (χ1n) is 13.3. The number of carbonyl (C=O) groups excluding carboxylic acids is 2. The van der Waals surface area contributed by atoms with Crippen LogP contribution in [0.2, 0.25) is 15.1 Å². The van der Waals surface area contributed by atoms with E-state index in [1.165, 1.54) is 35.2 Å². The summed E-state index contributed by atoms with van der Waals surface area (Å²) < 4.78 is 28.9. The van der Waals surface area contributed by atoms with Gasteiger partial charge in [0.05, 0.1) is 10.6 Å². The molecule has 1 N–H and O–H groups in total. The summed E-state index contributed by atoms with van der Waals surface area (Å²) in [4.78, 5) is 28.9. The number of nitrogens with one attached hydrogen (secondary N) is 1. The van der Waals surface area contributed by atoms with Crippen LogP contribution in [0, 0.1) is 6.92 Å². The van der Waals surface area contributed by atoms with Crippen molar-refractivity contribution in [2.45, 2.75) is 64.1 Å². The van der Waals surface area contributed by atoms with Crippen molar-refractivity contribution < 1.29 is 18.0 Å². The van der Waals surface area contributed by atoms with Crippen LogP contribution in [0.4, 0.5) is 5.69 Å². The van der Waals surface area contributed by atoms with E-state index in [2.05, 4.69) is 5.32 Å². The first kappa shape index (κ1) is 32.7. The highest BCUT2D eigenvalue weighted by molar-refractivity contribution is 7.92. The highest BCUT2D eigenvalue weighted by Crippen LogP contribution is 2.30. The molecule has 0 spiro atoms. The molecule has 0 saturated carbocycles. The zero-order chi connectivity index (χ0) is 30.3. The molecule has 11 heteroatoms. The Balaban J connectivity index is 2.10. The lowest BCUT2D eigenvalue weighted by atomic mass is 10.1. The van der Waals surface area contributed by atoms with E-state index in [0.717, 1.165) is 9.87 Å². The largest absolute Gasteiger partial charge is 0.352 e. The molecule has 2 amide bonds. The molecule has 0 unspecified atom stereocenters. The van der Waals surface area contributed by atoms with E-state index < -0.39 is 28.5 Å². The highest BCUT2D eigenvalue weighted by Gasteiger charge is 2.34. The van der Waals surface area contributed by atoms with E-state index in [1.807, 2.05) is 20.8 Å². The summed E-state index contributed by atoms with van der Waals surface area (Å²) in [6.45, 7) is 6.86. The monoisotopic (exact) mass is 637 g/mol. The maximum absolute atomic E-state index is 14.1. The summed E-state index contributed by atoms with van der Waals surface area (Å²) in [5.41, 5.74) is 1.61. The standard InChI is InChI=1S/C30H34Cl3N3O4S/c1-5-21(4)34-30(38)28(6-2)35(18-22-9-7-8-10-27(22)33)29(37)19-36(25-16-23(31)15-24(32)17-25)41(39,40)26-13-11-20(3)12-14-26/h7-17,21,28H,5-6,18-19H2,1-4H3,(H,34,38)/t21-,28-/m1/s1. The summed E-state index contributed by atoms with van der Waals surface area (Å²) in [5.74, 6) is -0.927. The first-order valence-corrected chi connectivity index (χ1v) is 15.8. The number of sulfonamides is 1. The van der Waals surface area contributed by atoms with Crippen molar-refractivity contribution in [3.63, 3.8) is 0 Å². The van der Waals surface area contributed by atoms with Crippen molar-refractivity contribution in [2.75, 3.05) is 10.8 Å². The molecular formula is C30H34Cl3N3O4S. The number of amides is 2. The van der Waals surface area contributed by atoms with Gasteiger partial charge in [0.2, 0.25) is 11.8 Å². The van der Waals surface area contributed by atoms with Gasteiger partial charge in [-0.15, -0.1) is 0 Å². The van der Waals surface area contributed by atoms with Gasteiger partial charge in [0.1, 0.15) is 12.6 Å². The van der Waals surface area contributed by atoms with Crippen molar-refractivity contribution in [1.29, 1.82) is 0 Å². The molecule has 0 radical (unpaired) electrons. The summed E-state index contributed by atoms with van der Waals surface area (Å²) in [6.07, 6.45) is 1.00. The van der Waals surface area contributed by atoms with Crippen LogP contribution in [-0.2, 0) is 26.2 Å². The van der Waals surface area contributed by atoms with Gasteiger partial charge < -0.3 is 10.2 Å². The van der Waals surface area contributed by atoms with Gasteiger partial charge in [0.25, 0.3) is 10.0 Å². The first-order chi connectivity index (χ1) is 19.4. The molecule has 220 valence electrons. The molecule has 0 saturated heterocycles. The van der Waals surface area contributed by atoms with Crippen LogP contribution in [0.25, 0.3) is 0 Å². The molecule has 0 aliphatic carbocycles. The predicted octanol–water partition coefficient (Wildman–Crippen LogP) is 6.87. The van der Waals surface area contributed by atoms with Crippen LogP contribution < -0.4 is 9.62 Å². The maximum atomic E-state index is 14.1. The third-order valence-electron chi connectivity index (χ3n) is 6.71. The van der Waals surface area contributed by atoms with Gasteiger partial charge in [-0.05, 0) is 68.7 Å². The van der Waals surface area contributed by atoms with Crippen LogP contribution in [0.5, 0.6) is 0 Å². The second-order valence-electron chi connectivity index (χ2n) is 9.81. The Morgan fingerprint density at radius 2 is 1.51 bits per heavy atom. The molecule has 0 aliphatic heterocycles. The second kappa shape index (κ2) is 14.4. The minimum atomic E-state index is -4.25. The fraction of sp³-hybridized carbons (Fsp3) is 0.333. The number of hydrogen-bond donors (Lipinski definition) is 1. The Morgan fingerprint density at radius 1 is 0.902 bits per heavy atom. The van der Waals surface area contributed by atoms with Gasteiger partial charge in [0.15, 0.2) is 0 Å². The third-order valence-corrected chi connectivity index (χ3v) is 9.30. The average Bonchev–Trinajstić information content (AvgIpc) is 2.92. The SMILES string of the molecule is CC[C@@H](C)NC(=O)[C@@H](CC)N(Cc1ccccc1Cl)C(=O)CN(c1cc(Cl)cc(Cl)c1)S(=O)(=O)c1ccc(C)cc1. The molecular weight excluding hydrogens is 605 g/mol. The van der Waals surface area contributed by atoms with Gasteiger partial charge in [-0.2, -0.15) is 0 Å². The topological polar surface area (TPSA) is 86.8 Å². The molecule has 3 aromatic carbocycles. The Labute approximate surface area is 257 Å². The molecule has 0 heterocycles. The Hall–Kier alpha value is -2.78. The molecule has 7 nitrogen and oxygen atoms in total. The van der Waals surface area contributed by atoms with Crippen molar-refractivity contribution in [3.8, 4) is 0 Å². The van der Waals surface area contributed by atoms with E-state index in [4.69, 9.17) is 34.8 Å². The molecule has 0 aromatic heterocycles. The summed E-state index contributed by atoms with van der Waals surface area (Å²) in [7, 11) is -4.25. The quantitative estimate of drug-likeness (QED) is 0.235. The number of benzene rings is 3.